The molecular weight excluding hydrogens is 432 g/mol. The van der Waals surface area contributed by atoms with Crippen LogP contribution in [0.25, 0.3) is 6.08 Å². The first kappa shape index (κ1) is 22.9. The van der Waals surface area contributed by atoms with Crippen LogP contribution < -0.4 is 18.9 Å². The Bertz CT molecular complexity index is 1130. The van der Waals surface area contributed by atoms with Crippen molar-refractivity contribution in [2.24, 2.45) is 0 Å². The first-order valence-electron chi connectivity index (χ1n) is 9.56. The minimum atomic E-state index is -0.609. The number of ketones is 1. The maximum atomic E-state index is 12.6. The van der Waals surface area contributed by atoms with E-state index in [1.807, 2.05) is 18.2 Å². The molecule has 3 aromatic carbocycles. The molecule has 0 aromatic heterocycles. The molecule has 0 N–H and O–H groups in total. The van der Waals surface area contributed by atoms with E-state index in [0.29, 0.717) is 27.8 Å². The molecule has 6 nitrogen and oxygen atoms in total. The van der Waals surface area contributed by atoms with Gasteiger partial charge in [-0.2, -0.15) is 0 Å². The summed E-state index contributed by atoms with van der Waals surface area (Å²) in [5, 5.41) is 0.561. The molecule has 0 aliphatic heterocycles. The van der Waals surface area contributed by atoms with Crippen LogP contribution in [0.3, 0.4) is 0 Å². The molecule has 0 amide bonds. The number of carbonyl (C=O) groups is 2. The van der Waals surface area contributed by atoms with Gasteiger partial charge in [-0.1, -0.05) is 29.8 Å². The minimum Gasteiger partial charge on any atom is -0.493 e. The zero-order chi connectivity index (χ0) is 23.1. The summed E-state index contributed by atoms with van der Waals surface area (Å²) < 4.78 is 21.2. The Balaban J connectivity index is 1.72. The number of methoxy groups -OCH3 is 3. The highest BCUT2D eigenvalue weighted by atomic mass is 35.5. The number of esters is 1. The van der Waals surface area contributed by atoms with E-state index in [0.717, 1.165) is 5.56 Å². The Morgan fingerprint density at radius 2 is 1.44 bits per heavy atom. The van der Waals surface area contributed by atoms with Gasteiger partial charge in [0.1, 0.15) is 5.75 Å². The summed E-state index contributed by atoms with van der Waals surface area (Å²) in [6.07, 6.45) is 3.10. The molecule has 0 aliphatic carbocycles. The Hall–Kier alpha value is -3.77. The van der Waals surface area contributed by atoms with Crippen molar-refractivity contribution in [3.8, 4) is 23.0 Å². The van der Waals surface area contributed by atoms with Crippen LogP contribution in [0.1, 0.15) is 26.3 Å². The molecule has 3 rings (SSSR count). The topological polar surface area (TPSA) is 71.1 Å². The van der Waals surface area contributed by atoms with Crippen molar-refractivity contribution < 1.29 is 28.5 Å². The highest BCUT2D eigenvalue weighted by molar-refractivity contribution is 6.32. The number of hydrogen-bond acceptors (Lipinski definition) is 6. The molecule has 0 unspecified atom stereocenters. The van der Waals surface area contributed by atoms with Gasteiger partial charge in [0.15, 0.2) is 17.3 Å². The molecule has 164 valence electrons. The lowest BCUT2D eigenvalue weighted by Crippen LogP contribution is -2.10. The third kappa shape index (κ3) is 5.28. The summed E-state index contributed by atoms with van der Waals surface area (Å²) >= 11 is 6.09. The number of rotatable bonds is 8. The molecule has 0 bridgehead atoms. The Morgan fingerprint density at radius 3 is 2.00 bits per heavy atom. The predicted molar refractivity (Wildman–Crippen MR) is 122 cm³/mol. The molecular formula is C25H21ClO6. The monoisotopic (exact) mass is 452 g/mol. The lowest BCUT2D eigenvalue weighted by molar-refractivity contribution is 0.0733. The summed E-state index contributed by atoms with van der Waals surface area (Å²) in [5.41, 5.74) is 1.42. The smallest absolute Gasteiger partial charge is 0.343 e. The average Bonchev–Trinajstić information content (AvgIpc) is 2.82. The molecule has 32 heavy (non-hydrogen) atoms. The number of halogens is 1. The quantitative estimate of drug-likeness (QED) is 0.195. The van der Waals surface area contributed by atoms with Crippen LogP contribution in [-0.2, 0) is 0 Å². The zero-order valence-corrected chi connectivity index (χ0v) is 18.5. The fourth-order valence-corrected chi connectivity index (χ4v) is 3.12. The number of benzene rings is 3. The second-order valence-corrected chi connectivity index (χ2v) is 6.95. The van der Waals surface area contributed by atoms with Crippen LogP contribution >= 0.6 is 11.6 Å². The molecule has 7 heteroatoms. The summed E-state index contributed by atoms with van der Waals surface area (Å²) in [6, 6.07) is 16.5. The van der Waals surface area contributed by atoms with E-state index in [-0.39, 0.29) is 17.1 Å². The van der Waals surface area contributed by atoms with Crippen LogP contribution in [0.2, 0.25) is 5.02 Å². The second-order valence-electron chi connectivity index (χ2n) is 6.55. The predicted octanol–water partition coefficient (Wildman–Crippen LogP) is 5.48. The second kappa shape index (κ2) is 10.5. The average molecular weight is 453 g/mol. The van der Waals surface area contributed by atoms with Crippen molar-refractivity contribution in [1.82, 2.24) is 0 Å². The molecule has 0 aliphatic rings. The Kier molecular flexibility index (Phi) is 7.52. The summed E-state index contributed by atoms with van der Waals surface area (Å²) in [4.78, 5) is 25.0. The van der Waals surface area contributed by atoms with Crippen LogP contribution in [0, 0.1) is 0 Å². The lowest BCUT2D eigenvalue weighted by Gasteiger charge is -2.13. The number of ether oxygens (including phenoxy) is 4. The van der Waals surface area contributed by atoms with Gasteiger partial charge in [-0.3, -0.25) is 4.79 Å². The first-order valence-corrected chi connectivity index (χ1v) is 9.93. The van der Waals surface area contributed by atoms with Gasteiger partial charge < -0.3 is 18.9 Å². The van der Waals surface area contributed by atoms with Crippen LogP contribution in [0.15, 0.2) is 66.7 Å². The molecule has 0 radical (unpaired) electrons. The molecule has 3 aromatic rings. The molecule has 0 saturated heterocycles. The third-order valence-corrected chi connectivity index (χ3v) is 4.91. The first-order chi connectivity index (χ1) is 15.5. The number of hydrogen-bond donors (Lipinski definition) is 0. The van der Waals surface area contributed by atoms with E-state index in [9.17, 15) is 9.59 Å². The van der Waals surface area contributed by atoms with Crippen molar-refractivity contribution in [2.45, 2.75) is 0 Å². The fourth-order valence-electron chi connectivity index (χ4n) is 2.92. The highest BCUT2D eigenvalue weighted by Gasteiger charge is 2.18. The zero-order valence-electron chi connectivity index (χ0n) is 17.8. The van der Waals surface area contributed by atoms with Gasteiger partial charge >= 0.3 is 5.97 Å². The van der Waals surface area contributed by atoms with Gasteiger partial charge in [0.25, 0.3) is 0 Å². The van der Waals surface area contributed by atoms with Gasteiger partial charge in [0.05, 0.1) is 26.9 Å². The summed E-state index contributed by atoms with van der Waals surface area (Å²) in [5.74, 6) is 0.527. The number of allylic oxidation sites excluding steroid dienone is 1. The van der Waals surface area contributed by atoms with Gasteiger partial charge in [-0.15, -0.1) is 0 Å². The Labute approximate surface area is 190 Å². The van der Waals surface area contributed by atoms with Crippen molar-refractivity contribution in [1.29, 1.82) is 0 Å². The molecule has 0 saturated carbocycles. The molecule has 0 fully saturated rings. The number of carbonyl (C=O) groups excluding carboxylic acids is 2. The highest BCUT2D eigenvalue weighted by Crippen LogP contribution is 2.38. The van der Waals surface area contributed by atoms with Crippen LogP contribution in [0.4, 0.5) is 0 Å². The van der Waals surface area contributed by atoms with E-state index in [4.69, 9.17) is 30.5 Å². The maximum Gasteiger partial charge on any atom is 0.343 e. The normalized spacial score (nSPS) is 10.6. The van der Waals surface area contributed by atoms with Crippen molar-refractivity contribution in [3.05, 3.63) is 88.5 Å². The van der Waals surface area contributed by atoms with Crippen LogP contribution in [0.5, 0.6) is 23.0 Å². The fraction of sp³-hybridized carbons (Fsp3) is 0.120. The van der Waals surface area contributed by atoms with E-state index < -0.39 is 5.97 Å². The van der Waals surface area contributed by atoms with Crippen LogP contribution in [-0.4, -0.2) is 33.1 Å². The molecule has 0 spiro atoms. The Morgan fingerprint density at radius 1 is 0.812 bits per heavy atom. The molecule has 0 heterocycles. The summed E-state index contributed by atoms with van der Waals surface area (Å²) in [7, 11) is 4.40. The maximum absolute atomic E-state index is 12.6. The van der Waals surface area contributed by atoms with E-state index in [1.54, 1.807) is 36.4 Å². The van der Waals surface area contributed by atoms with Gasteiger partial charge in [0.2, 0.25) is 5.75 Å². The van der Waals surface area contributed by atoms with E-state index in [2.05, 4.69) is 0 Å². The van der Waals surface area contributed by atoms with Crippen molar-refractivity contribution in [3.63, 3.8) is 0 Å². The standard InChI is InChI=1S/C25H21ClO6/c1-29-22-14-18(15-23(30-2)24(22)31-3)25(28)32-19-11-8-17(9-12-19)21(27)13-10-16-6-4-5-7-20(16)26/h4-15H,1-3H3/b13-10+. The van der Waals surface area contributed by atoms with Crippen molar-refractivity contribution >= 4 is 29.4 Å². The largest absolute Gasteiger partial charge is 0.493 e. The van der Waals surface area contributed by atoms with Crippen molar-refractivity contribution in [2.75, 3.05) is 21.3 Å². The van der Waals surface area contributed by atoms with Gasteiger partial charge in [-0.05, 0) is 60.2 Å². The molecule has 0 atom stereocenters. The van der Waals surface area contributed by atoms with E-state index >= 15 is 0 Å². The lowest BCUT2D eigenvalue weighted by atomic mass is 10.1. The summed E-state index contributed by atoms with van der Waals surface area (Å²) in [6.45, 7) is 0. The third-order valence-electron chi connectivity index (χ3n) is 4.57. The van der Waals surface area contributed by atoms with Gasteiger partial charge in [0, 0.05) is 10.6 Å². The van der Waals surface area contributed by atoms with E-state index in [1.165, 1.54) is 39.5 Å². The SMILES string of the molecule is COc1cc(C(=O)Oc2ccc(C(=O)/C=C/c3ccccc3Cl)cc2)cc(OC)c1OC. The van der Waals surface area contributed by atoms with Gasteiger partial charge in [-0.25, -0.2) is 4.79 Å². The minimum absolute atomic E-state index is 0.201.